The second-order valence-corrected chi connectivity index (χ2v) is 5.99. The molecule has 0 aliphatic heterocycles. The molecule has 1 aromatic carbocycles. The molecule has 2 fully saturated rings. The molecular formula is C16H19F2NO. The fraction of sp³-hybridized carbons (Fsp3) is 0.562. The number of fused-ring (bicyclic) bond motifs is 1. The highest BCUT2D eigenvalue weighted by atomic mass is 19.1. The zero-order chi connectivity index (χ0) is 14.1. The average molecular weight is 279 g/mol. The van der Waals surface area contributed by atoms with Crippen LogP contribution in [0, 0.1) is 29.4 Å². The Hall–Kier alpha value is -1.45. The van der Waals surface area contributed by atoms with Gasteiger partial charge in [0.25, 0.3) is 0 Å². The minimum atomic E-state index is -0.479. The van der Waals surface area contributed by atoms with Crippen LogP contribution in [0.5, 0.6) is 0 Å². The molecule has 0 aromatic heterocycles. The lowest BCUT2D eigenvalue weighted by atomic mass is 9.91. The van der Waals surface area contributed by atoms with Gasteiger partial charge in [-0.05, 0) is 49.3 Å². The van der Waals surface area contributed by atoms with Crippen molar-refractivity contribution >= 4 is 5.91 Å². The highest BCUT2D eigenvalue weighted by Gasteiger charge is 2.42. The minimum absolute atomic E-state index is 0.00283. The molecule has 4 heteroatoms. The number of hydrogen-bond acceptors (Lipinski definition) is 1. The van der Waals surface area contributed by atoms with E-state index in [9.17, 15) is 13.6 Å². The van der Waals surface area contributed by atoms with Crippen LogP contribution in [-0.2, 0) is 11.3 Å². The van der Waals surface area contributed by atoms with Gasteiger partial charge in [0.2, 0.25) is 5.91 Å². The molecule has 20 heavy (non-hydrogen) atoms. The van der Waals surface area contributed by atoms with E-state index in [4.69, 9.17) is 0 Å². The summed E-state index contributed by atoms with van der Waals surface area (Å²) in [6.45, 7) is 0.0658. The largest absolute Gasteiger partial charge is 0.352 e. The maximum absolute atomic E-state index is 13.5. The molecule has 108 valence electrons. The molecule has 0 unspecified atom stereocenters. The van der Waals surface area contributed by atoms with Gasteiger partial charge < -0.3 is 5.32 Å². The standard InChI is InChI=1S/C16H19F2NO/c17-12-5-7-15(18)11(8-12)9-19-16(20)14-6-4-10-2-1-3-13(10)14/h5,7-8,10,13-14H,1-4,6,9H2,(H,19,20)/t10-,13-,14-/m0/s1. The molecule has 2 nitrogen and oxygen atoms in total. The number of nitrogens with one attached hydrogen (secondary N) is 1. The van der Waals surface area contributed by atoms with Gasteiger partial charge in [-0.25, -0.2) is 8.78 Å². The van der Waals surface area contributed by atoms with E-state index in [1.165, 1.54) is 12.8 Å². The summed E-state index contributed by atoms with van der Waals surface area (Å²) in [5.74, 6) is 0.329. The van der Waals surface area contributed by atoms with Crippen LogP contribution in [-0.4, -0.2) is 5.91 Å². The van der Waals surface area contributed by atoms with E-state index in [1.807, 2.05) is 0 Å². The smallest absolute Gasteiger partial charge is 0.223 e. The van der Waals surface area contributed by atoms with Gasteiger partial charge in [-0.3, -0.25) is 4.79 Å². The Labute approximate surface area is 117 Å². The van der Waals surface area contributed by atoms with Crippen molar-refractivity contribution in [3.8, 4) is 0 Å². The minimum Gasteiger partial charge on any atom is -0.352 e. The molecule has 2 saturated carbocycles. The Morgan fingerprint density at radius 2 is 2.05 bits per heavy atom. The van der Waals surface area contributed by atoms with Crippen LogP contribution in [0.3, 0.4) is 0 Å². The van der Waals surface area contributed by atoms with Gasteiger partial charge in [-0.2, -0.15) is 0 Å². The SMILES string of the molecule is O=C(NCc1cc(F)ccc1F)[C@H]1CC[C@@H]2CCC[C@@H]21. The maximum Gasteiger partial charge on any atom is 0.223 e. The van der Waals surface area contributed by atoms with E-state index in [0.717, 1.165) is 37.5 Å². The highest BCUT2D eigenvalue weighted by Crippen LogP contribution is 2.47. The van der Waals surface area contributed by atoms with E-state index >= 15 is 0 Å². The van der Waals surface area contributed by atoms with Crippen molar-refractivity contribution in [1.29, 1.82) is 0 Å². The molecule has 1 aromatic rings. The first-order chi connectivity index (χ1) is 9.65. The van der Waals surface area contributed by atoms with Crippen LogP contribution in [0.1, 0.15) is 37.7 Å². The second kappa shape index (κ2) is 5.51. The number of hydrogen-bond donors (Lipinski definition) is 1. The molecule has 0 bridgehead atoms. The van der Waals surface area contributed by atoms with E-state index in [1.54, 1.807) is 0 Å². The molecule has 0 heterocycles. The van der Waals surface area contributed by atoms with Gasteiger partial charge in [0.15, 0.2) is 0 Å². The molecular weight excluding hydrogens is 260 g/mol. The third kappa shape index (κ3) is 2.56. The normalized spacial score (nSPS) is 28.4. The molecule has 1 amide bonds. The van der Waals surface area contributed by atoms with Gasteiger partial charge in [-0.1, -0.05) is 12.8 Å². The van der Waals surface area contributed by atoms with E-state index in [-0.39, 0.29) is 23.9 Å². The molecule has 2 aliphatic carbocycles. The molecule has 2 aliphatic rings. The molecule has 0 saturated heterocycles. The third-order valence-electron chi connectivity index (χ3n) is 4.88. The summed E-state index contributed by atoms with van der Waals surface area (Å²) >= 11 is 0. The lowest BCUT2D eigenvalue weighted by molar-refractivity contribution is -0.126. The number of halogens is 2. The number of amides is 1. The zero-order valence-electron chi connectivity index (χ0n) is 11.4. The number of benzene rings is 1. The van der Waals surface area contributed by atoms with Gasteiger partial charge in [0.05, 0.1) is 0 Å². The van der Waals surface area contributed by atoms with E-state index in [2.05, 4.69) is 5.32 Å². The van der Waals surface area contributed by atoms with Gasteiger partial charge in [0.1, 0.15) is 11.6 Å². The molecule has 0 spiro atoms. The first kappa shape index (κ1) is 13.5. The Balaban J connectivity index is 1.61. The number of rotatable bonds is 3. The Bertz CT molecular complexity index is 517. The average Bonchev–Trinajstić information content (AvgIpc) is 3.02. The third-order valence-corrected chi connectivity index (χ3v) is 4.88. The lowest BCUT2D eigenvalue weighted by Crippen LogP contribution is -2.32. The number of carbonyl (C=O) groups excluding carboxylic acids is 1. The van der Waals surface area contributed by atoms with Crippen LogP contribution < -0.4 is 5.32 Å². The second-order valence-electron chi connectivity index (χ2n) is 5.99. The molecule has 1 N–H and O–H groups in total. The quantitative estimate of drug-likeness (QED) is 0.902. The van der Waals surface area contributed by atoms with Crippen molar-refractivity contribution < 1.29 is 13.6 Å². The first-order valence-corrected chi connectivity index (χ1v) is 7.37. The molecule has 3 rings (SSSR count). The van der Waals surface area contributed by atoms with Crippen molar-refractivity contribution in [2.24, 2.45) is 17.8 Å². The van der Waals surface area contributed by atoms with Crippen molar-refractivity contribution in [2.45, 2.75) is 38.6 Å². The van der Waals surface area contributed by atoms with E-state index < -0.39 is 11.6 Å². The summed E-state index contributed by atoms with van der Waals surface area (Å²) in [6.07, 6.45) is 5.67. The fourth-order valence-corrected chi connectivity index (χ4v) is 3.88. The predicted octanol–water partition coefficient (Wildman–Crippen LogP) is 3.41. The van der Waals surface area contributed by atoms with Crippen molar-refractivity contribution in [3.63, 3.8) is 0 Å². The van der Waals surface area contributed by atoms with Crippen molar-refractivity contribution in [3.05, 3.63) is 35.4 Å². The summed E-state index contributed by atoms with van der Waals surface area (Å²) in [5.41, 5.74) is 0.208. The molecule has 3 atom stereocenters. The van der Waals surface area contributed by atoms with Crippen LogP contribution in [0.25, 0.3) is 0 Å². The van der Waals surface area contributed by atoms with Gasteiger partial charge in [0, 0.05) is 18.0 Å². The summed E-state index contributed by atoms with van der Waals surface area (Å²) in [4.78, 5) is 12.2. The highest BCUT2D eigenvalue weighted by molar-refractivity contribution is 5.79. The molecule has 0 radical (unpaired) electrons. The lowest BCUT2D eigenvalue weighted by Gasteiger charge is -2.18. The van der Waals surface area contributed by atoms with E-state index in [0.29, 0.717) is 11.8 Å². The van der Waals surface area contributed by atoms with Crippen LogP contribution >= 0.6 is 0 Å². The zero-order valence-corrected chi connectivity index (χ0v) is 11.4. The van der Waals surface area contributed by atoms with Crippen molar-refractivity contribution in [2.75, 3.05) is 0 Å². The topological polar surface area (TPSA) is 29.1 Å². The summed E-state index contributed by atoms with van der Waals surface area (Å²) in [6, 6.07) is 3.32. The monoisotopic (exact) mass is 279 g/mol. The Morgan fingerprint density at radius 3 is 2.90 bits per heavy atom. The summed E-state index contributed by atoms with van der Waals surface area (Å²) in [5, 5.41) is 2.78. The fourth-order valence-electron chi connectivity index (χ4n) is 3.88. The Kier molecular flexibility index (Phi) is 3.72. The first-order valence-electron chi connectivity index (χ1n) is 7.37. The summed E-state index contributed by atoms with van der Waals surface area (Å²) in [7, 11) is 0. The van der Waals surface area contributed by atoms with Crippen LogP contribution in [0.2, 0.25) is 0 Å². The van der Waals surface area contributed by atoms with Gasteiger partial charge >= 0.3 is 0 Å². The van der Waals surface area contributed by atoms with Crippen LogP contribution in [0.4, 0.5) is 8.78 Å². The summed E-state index contributed by atoms with van der Waals surface area (Å²) < 4.78 is 26.6. The van der Waals surface area contributed by atoms with Crippen LogP contribution in [0.15, 0.2) is 18.2 Å². The Morgan fingerprint density at radius 1 is 1.20 bits per heavy atom. The number of carbonyl (C=O) groups is 1. The van der Waals surface area contributed by atoms with Crippen molar-refractivity contribution in [1.82, 2.24) is 5.32 Å². The van der Waals surface area contributed by atoms with Gasteiger partial charge in [-0.15, -0.1) is 0 Å². The maximum atomic E-state index is 13.5. The predicted molar refractivity (Wildman–Crippen MR) is 71.8 cm³/mol.